The first-order valence-electron chi connectivity index (χ1n) is 8.69. The van der Waals surface area contributed by atoms with Crippen LogP contribution in [0, 0.1) is 0 Å². The zero-order chi connectivity index (χ0) is 21.6. The second-order valence-corrected chi connectivity index (χ2v) is 6.58. The number of carbonyl (C=O) groups is 2. The Labute approximate surface area is 166 Å². The van der Waals surface area contributed by atoms with Crippen molar-refractivity contribution in [3.63, 3.8) is 0 Å². The molecular formula is C20H22F3N3O3. The van der Waals surface area contributed by atoms with E-state index >= 15 is 0 Å². The fraction of sp³-hybridized carbons (Fsp3) is 0.300. The minimum Gasteiger partial charge on any atom is -0.406 e. The molecule has 0 spiro atoms. The summed E-state index contributed by atoms with van der Waals surface area (Å²) in [5, 5.41) is 2.60. The number of alkyl halides is 3. The normalized spacial score (nSPS) is 12.4. The van der Waals surface area contributed by atoms with Gasteiger partial charge in [0.25, 0.3) is 0 Å². The molecule has 1 N–H and O–H groups in total. The molecule has 29 heavy (non-hydrogen) atoms. The van der Waals surface area contributed by atoms with Crippen LogP contribution >= 0.6 is 0 Å². The molecule has 6 nitrogen and oxygen atoms in total. The Morgan fingerprint density at radius 3 is 2.10 bits per heavy atom. The maximum absolute atomic E-state index is 12.6. The highest BCUT2D eigenvalue weighted by molar-refractivity contribution is 5.93. The number of hydrogen-bond acceptors (Lipinski definition) is 4. The van der Waals surface area contributed by atoms with Gasteiger partial charge in [-0.05, 0) is 36.9 Å². The van der Waals surface area contributed by atoms with E-state index in [1.54, 1.807) is 38.2 Å². The third kappa shape index (κ3) is 6.79. The summed E-state index contributed by atoms with van der Waals surface area (Å²) in [7, 11) is 4.92. The van der Waals surface area contributed by atoms with Crippen LogP contribution < -0.4 is 10.1 Å². The average Bonchev–Trinajstić information content (AvgIpc) is 2.63. The second-order valence-electron chi connectivity index (χ2n) is 6.58. The lowest BCUT2D eigenvalue weighted by Crippen LogP contribution is -2.41. The number of halogens is 3. The summed E-state index contributed by atoms with van der Waals surface area (Å²) in [5.41, 5.74) is 1.06. The number of likely N-dealkylation sites (N-methyl/N-ethyl adjacent to an activating group) is 2. The Morgan fingerprint density at radius 2 is 1.59 bits per heavy atom. The van der Waals surface area contributed by atoms with E-state index in [0.717, 1.165) is 17.7 Å². The molecule has 9 heteroatoms. The quantitative estimate of drug-likeness (QED) is 0.763. The first kappa shape index (κ1) is 22.2. The number of amides is 2. The molecule has 0 aliphatic carbocycles. The lowest BCUT2D eigenvalue weighted by molar-refractivity contribution is -0.274. The van der Waals surface area contributed by atoms with E-state index in [9.17, 15) is 22.8 Å². The van der Waals surface area contributed by atoms with E-state index in [1.165, 1.54) is 17.0 Å². The van der Waals surface area contributed by atoms with Gasteiger partial charge in [-0.3, -0.25) is 14.5 Å². The fourth-order valence-electron chi connectivity index (χ4n) is 2.72. The van der Waals surface area contributed by atoms with Crippen LogP contribution in [0.1, 0.15) is 11.6 Å². The average molecular weight is 409 g/mol. The lowest BCUT2D eigenvalue weighted by atomic mass is 10.0. The summed E-state index contributed by atoms with van der Waals surface area (Å²) in [4.78, 5) is 28.1. The Morgan fingerprint density at radius 1 is 1.00 bits per heavy atom. The van der Waals surface area contributed by atoms with Crippen molar-refractivity contribution in [1.29, 1.82) is 0 Å². The highest BCUT2D eigenvalue weighted by Gasteiger charge is 2.31. The van der Waals surface area contributed by atoms with Crippen LogP contribution in [-0.4, -0.2) is 55.7 Å². The number of benzene rings is 2. The maximum atomic E-state index is 12.6. The third-order valence-electron chi connectivity index (χ3n) is 4.00. The van der Waals surface area contributed by atoms with Gasteiger partial charge in [0.15, 0.2) is 0 Å². The summed E-state index contributed by atoms with van der Waals surface area (Å²) >= 11 is 0. The van der Waals surface area contributed by atoms with E-state index < -0.39 is 18.3 Å². The van der Waals surface area contributed by atoms with E-state index in [1.807, 2.05) is 18.2 Å². The van der Waals surface area contributed by atoms with Crippen LogP contribution in [0.2, 0.25) is 0 Å². The summed E-state index contributed by atoms with van der Waals surface area (Å²) in [6.45, 7) is -0.0973. The van der Waals surface area contributed by atoms with Crippen LogP contribution in [0.25, 0.3) is 0 Å². The molecule has 0 saturated carbocycles. The number of rotatable bonds is 7. The van der Waals surface area contributed by atoms with Crippen LogP contribution in [0.5, 0.6) is 5.75 Å². The van der Waals surface area contributed by atoms with Gasteiger partial charge in [-0.1, -0.05) is 30.3 Å². The van der Waals surface area contributed by atoms with Gasteiger partial charge >= 0.3 is 6.36 Å². The van der Waals surface area contributed by atoms with Gasteiger partial charge in [0, 0.05) is 19.8 Å². The highest BCUT2D eigenvalue weighted by atomic mass is 19.4. The molecule has 0 aromatic heterocycles. The Kier molecular flexibility index (Phi) is 7.22. The largest absolute Gasteiger partial charge is 0.573 e. The number of ether oxygens (including phenoxy) is 1. The molecule has 156 valence electrons. The van der Waals surface area contributed by atoms with E-state index in [4.69, 9.17) is 0 Å². The molecule has 2 aromatic rings. The third-order valence-corrected chi connectivity index (χ3v) is 4.00. The summed E-state index contributed by atoms with van der Waals surface area (Å²) in [6.07, 6.45) is -4.78. The maximum Gasteiger partial charge on any atom is 0.573 e. The Balaban J connectivity index is 2.05. The number of nitrogens with one attached hydrogen (secondary N) is 1. The van der Waals surface area contributed by atoms with E-state index in [0.29, 0.717) is 5.69 Å². The Bertz CT molecular complexity index is 824. The minimum atomic E-state index is -4.78. The molecule has 0 fully saturated rings. The number of anilines is 1. The van der Waals surface area contributed by atoms with Crippen molar-refractivity contribution in [2.24, 2.45) is 0 Å². The Hall–Kier alpha value is -3.07. The van der Waals surface area contributed by atoms with Crippen LogP contribution in [0.3, 0.4) is 0 Å². The zero-order valence-electron chi connectivity index (χ0n) is 16.2. The predicted octanol–water partition coefficient (Wildman–Crippen LogP) is 3.29. The van der Waals surface area contributed by atoms with Gasteiger partial charge in [0.1, 0.15) is 11.8 Å². The first-order valence-corrected chi connectivity index (χ1v) is 8.69. The fourth-order valence-corrected chi connectivity index (χ4v) is 2.72. The van der Waals surface area contributed by atoms with Crippen molar-refractivity contribution in [2.45, 2.75) is 12.4 Å². The predicted molar refractivity (Wildman–Crippen MR) is 102 cm³/mol. The van der Waals surface area contributed by atoms with Crippen molar-refractivity contribution < 1.29 is 27.5 Å². The van der Waals surface area contributed by atoms with Gasteiger partial charge in [-0.25, -0.2) is 0 Å². The highest BCUT2D eigenvalue weighted by Crippen LogP contribution is 2.24. The lowest BCUT2D eigenvalue weighted by Gasteiger charge is -2.29. The summed E-state index contributed by atoms with van der Waals surface area (Å²) in [6, 6.07) is 13.2. The second kappa shape index (κ2) is 9.42. The van der Waals surface area contributed by atoms with Gasteiger partial charge < -0.3 is 15.0 Å². The van der Waals surface area contributed by atoms with Crippen molar-refractivity contribution in [3.8, 4) is 5.75 Å². The molecule has 0 aliphatic rings. The van der Waals surface area contributed by atoms with Crippen molar-refractivity contribution >= 4 is 17.5 Å². The number of carbonyl (C=O) groups excluding carboxylic acids is 2. The van der Waals surface area contributed by atoms with Crippen molar-refractivity contribution in [1.82, 2.24) is 9.80 Å². The monoisotopic (exact) mass is 409 g/mol. The zero-order valence-corrected chi connectivity index (χ0v) is 16.2. The molecule has 0 saturated heterocycles. The SMILES string of the molecule is CN(C)C(=O)[C@@H](c1ccccc1)N(C)CC(=O)Nc1ccc(OC(F)(F)F)cc1. The molecule has 0 unspecified atom stereocenters. The van der Waals surface area contributed by atoms with Gasteiger partial charge in [-0.15, -0.1) is 13.2 Å². The van der Waals surface area contributed by atoms with Crippen LogP contribution in [0.15, 0.2) is 54.6 Å². The molecule has 2 rings (SSSR count). The summed E-state index contributed by atoms with van der Waals surface area (Å²) in [5.74, 6) is -0.974. The van der Waals surface area contributed by atoms with Crippen molar-refractivity contribution in [3.05, 3.63) is 60.2 Å². The van der Waals surface area contributed by atoms with Crippen LogP contribution in [0.4, 0.5) is 18.9 Å². The van der Waals surface area contributed by atoms with Crippen molar-refractivity contribution in [2.75, 3.05) is 33.0 Å². The molecule has 1 atom stereocenters. The molecule has 0 heterocycles. The van der Waals surface area contributed by atoms with Gasteiger partial charge in [0.05, 0.1) is 6.54 Å². The molecule has 2 amide bonds. The van der Waals surface area contributed by atoms with Gasteiger partial charge in [0.2, 0.25) is 11.8 Å². The molecule has 0 radical (unpaired) electrons. The number of nitrogens with zero attached hydrogens (tertiary/aromatic N) is 2. The summed E-state index contributed by atoms with van der Waals surface area (Å²) < 4.78 is 40.4. The van der Waals surface area contributed by atoms with Gasteiger partial charge in [-0.2, -0.15) is 0 Å². The molecule has 0 aliphatic heterocycles. The van der Waals surface area contributed by atoms with Crippen LogP contribution in [-0.2, 0) is 9.59 Å². The first-order chi connectivity index (χ1) is 13.6. The standard InChI is InChI=1S/C20H22F3N3O3/c1-25(2)19(28)18(14-7-5-4-6-8-14)26(3)13-17(27)24-15-9-11-16(12-10-15)29-20(21,22)23/h4-12,18H,13H2,1-3H3,(H,24,27)/t18-/m1/s1. The topological polar surface area (TPSA) is 61.9 Å². The molecular weight excluding hydrogens is 387 g/mol. The number of hydrogen-bond donors (Lipinski definition) is 1. The van der Waals surface area contributed by atoms with E-state index in [-0.39, 0.29) is 18.2 Å². The smallest absolute Gasteiger partial charge is 0.406 e. The molecule has 2 aromatic carbocycles. The van der Waals surface area contributed by atoms with E-state index in [2.05, 4.69) is 10.1 Å². The minimum absolute atomic E-state index is 0.0973. The molecule has 0 bridgehead atoms.